The van der Waals surface area contributed by atoms with Crippen LogP contribution in [-0.4, -0.2) is 44.9 Å². The third-order valence-electron chi connectivity index (χ3n) is 7.12. The molecule has 2 aliphatic carbocycles. The number of carbonyl (C=O) groups excluding carboxylic acids is 1. The predicted octanol–water partition coefficient (Wildman–Crippen LogP) is 5.26. The van der Waals surface area contributed by atoms with Crippen LogP contribution in [-0.2, 0) is 21.4 Å². The van der Waals surface area contributed by atoms with Gasteiger partial charge in [0.05, 0.1) is 11.8 Å². The van der Waals surface area contributed by atoms with Crippen LogP contribution in [0.2, 0.25) is 0 Å². The van der Waals surface area contributed by atoms with Crippen LogP contribution in [0.4, 0.5) is 10.6 Å². The van der Waals surface area contributed by atoms with Gasteiger partial charge in [0, 0.05) is 28.8 Å². The van der Waals surface area contributed by atoms with Crippen molar-refractivity contribution in [1.82, 2.24) is 15.3 Å². The van der Waals surface area contributed by atoms with Crippen molar-refractivity contribution in [2.24, 2.45) is 0 Å². The third-order valence-corrected chi connectivity index (χ3v) is 7.12. The Morgan fingerprint density at radius 3 is 2.47 bits per heavy atom. The van der Waals surface area contributed by atoms with Gasteiger partial charge in [-0.05, 0) is 88.5 Å². The van der Waals surface area contributed by atoms with E-state index in [1.54, 1.807) is 6.92 Å². The molecule has 4 N–H and O–H groups in total. The molecule has 38 heavy (non-hydrogen) atoms. The molecule has 0 bridgehead atoms. The Morgan fingerprint density at radius 1 is 1.16 bits per heavy atom. The van der Waals surface area contributed by atoms with Gasteiger partial charge in [-0.2, -0.15) is 0 Å². The van der Waals surface area contributed by atoms with E-state index in [0.717, 1.165) is 53.6 Å². The Hall–Kier alpha value is -3.62. The Kier molecular flexibility index (Phi) is 7.41. The molecule has 4 rings (SSSR count). The van der Waals surface area contributed by atoms with Gasteiger partial charge in [-0.15, -0.1) is 0 Å². The largest absolute Gasteiger partial charge is 0.490 e. The fraction of sp³-hybridized carbons (Fsp3) is 0.517. The second-order valence-electron chi connectivity index (χ2n) is 11.9. The van der Waals surface area contributed by atoms with Crippen molar-refractivity contribution in [3.8, 4) is 17.0 Å². The summed E-state index contributed by atoms with van der Waals surface area (Å²) >= 11 is 0. The highest BCUT2D eigenvalue weighted by molar-refractivity contribution is 5.93. The van der Waals surface area contributed by atoms with E-state index in [9.17, 15) is 14.7 Å². The molecular formula is C29H38N4O5. The second kappa shape index (κ2) is 10.3. The summed E-state index contributed by atoms with van der Waals surface area (Å²) < 4.78 is 11.9. The summed E-state index contributed by atoms with van der Waals surface area (Å²) in [5.74, 6) is 0.104. The highest BCUT2D eigenvalue weighted by Gasteiger charge is 2.37. The van der Waals surface area contributed by atoms with E-state index in [2.05, 4.69) is 29.1 Å². The van der Waals surface area contributed by atoms with Gasteiger partial charge in [0.2, 0.25) is 0 Å². The van der Waals surface area contributed by atoms with Crippen molar-refractivity contribution in [1.29, 1.82) is 0 Å². The number of benzene rings is 1. The third kappa shape index (κ3) is 5.92. The molecular weight excluding hydrogens is 484 g/mol. The van der Waals surface area contributed by atoms with Crippen molar-refractivity contribution >= 4 is 23.5 Å². The number of hydrogen-bond acceptors (Lipinski definition) is 7. The minimum absolute atomic E-state index is 0.0313. The molecule has 9 nitrogen and oxygen atoms in total. The minimum atomic E-state index is -1.01. The Bertz CT molecular complexity index is 1270. The topological polar surface area (TPSA) is 137 Å². The number of anilines is 1. The molecule has 9 heteroatoms. The van der Waals surface area contributed by atoms with Gasteiger partial charge in [-0.25, -0.2) is 19.6 Å². The summed E-state index contributed by atoms with van der Waals surface area (Å²) in [6.07, 6.45) is 5.93. The van der Waals surface area contributed by atoms with Crippen LogP contribution in [0.5, 0.6) is 5.75 Å². The lowest BCUT2D eigenvalue weighted by atomic mass is 9.70. The van der Waals surface area contributed by atoms with E-state index in [-0.39, 0.29) is 17.6 Å². The van der Waals surface area contributed by atoms with E-state index < -0.39 is 17.7 Å². The van der Waals surface area contributed by atoms with E-state index in [0.29, 0.717) is 23.6 Å². The molecule has 1 fully saturated rings. The van der Waals surface area contributed by atoms with Crippen LogP contribution in [0, 0.1) is 0 Å². The number of alkyl carbamates (subject to hydrolysis) is 1. The standard InChI is InChI=1S/C29H38N4O5/c1-16(13-22(34)35)23-20-14-29(5,6)24-25(31-15-32-26(24)30)19(20)11-12-21(23)37-18-9-7-17(8-10-18)33-27(36)38-28(2,3)4/h11-13,15,17-18H,7-10,14H2,1-6H3,(H,33,36)(H,34,35)(H2,30,31,32)/t17-,18-. The maximum Gasteiger partial charge on any atom is 0.407 e. The number of nitrogen functional groups attached to an aromatic ring is 1. The summed E-state index contributed by atoms with van der Waals surface area (Å²) in [6, 6.07) is 3.92. The zero-order valence-electron chi connectivity index (χ0n) is 23.1. The molecule has 0 radical (unpaired) electrons. The molecule has 1 heterocycles. The summed E-state index contributed by atoms with van der Waals surface area (Å²) in [5, 5.41) is 12.5. The summed E-state index contributed by atoms with van der Waals surface area (Å²) in [7, 11) is 0. The number of rotatable bonds is 5. The molecule has 2 aliphatic rings. The van der Waals surface area contributed by atoms with Gasteiger partial charge in [0.1, 0.15) is 23.5 Å². The first-order chi connectivity index (χ1) is 17.7. The number of allylic oxidation sites excluding steroid dienone is 1. The number of carbonyl (C=O) groups is 2. The molecule has 204 valence electrons. The number of carboxylic acids is 1. The lowest BCUT2D eigenvalue weighted by Crippen LogP contribution is -2.42. The van der Waals surface area contributed by atoms with E-state index in [1.807, 2.05) is 32.9 Å². The molecule has 1 amide bonds. The van der Waals surface area contributed by atoms with Crippen molar-refractivity contribution in [3.63, 3.8) is 0 Å². The van der Waals surface area contributed by atoms with Gasteiger partial charge < -0.3 is 25.6 Å². The zero-order valence-corrected chi connectivity index (χ0v) is 23.1. The molecule has 1 aromatic heterocycles. The first-order valence-corrected chi connectivity index (χ1v) is 13.1. The van der Waals surface area contributed by atoms with Gasteiger partial charge in [-0.1, -0.05) is 13.8 Å². The highest BCUT2D eigenvalue weighted by Crippen LogP contribution is 2.48. The number of nitrogens with one attached hydrogen (secondary N) is 1. The van der Waals surface area contributed by atoms with E-state index >= 15 is 0 Å². The highest BCUT2D eigenvalue weighted by atomic mass is 16.6. The molecule has 0 aliphatic heterocycles. The fourth-order valence-corrected chi connectivity index (χ4v) is 5.60. The molecule has 0 atom stereocenters. The quantitative estimate of drug-likeness (QED) is 0.452. The lowest BCUT2D eigenvalue weighted by Gasteiger charge is -2.36. The summed E-state index contributed by atoms with van der Waals surface area (Å²) in [5.41, 5.74) is 10.4. The molecule has 2 aromatic rings. The average molecular weight is 523 g/mol. The number of aromatic nitrogens is 2. The number of aliphatic carboxylic acids is 1. The van der Waals surface area contributed by atoms with E-state index in [4.69, 9.17) is 15.2 Å². The molecule has 1 saturated carbocycles. The lowest BCUT2D eigenvalue weighted by molar-refractivity contribution is -0.131. The smallest absolute Gasteiger partial charge is 0.407 e. The van der Waals surface area contributed by atoms with Crippen LogP contribution in [0.3, 0.4) is 0 Å². The van der Waals surface area contributed by atoms with Crippen LogP contribution in [0.15, 0.2) is 24.5 Å². The Labute approximate surface area is 223 Å². The SMILES string of the molecule is CC(=CC(=O)O)c1c(O[C@H]2CC[C@H](NC(=O)OC(C)(C)C)CC2)ccc2c1CC(C)(C)c1c(N)ncnc1-2. The van der Waals surface area contributed by atoms with Gasteiger partial charge in [0.15, 0.2) is 0 Å². The number of ether oxygens (including phenoxy) is 2. The fourth-order valence-electron chi connectivity index (χ4n) is 5.60. The monoisotopic (exact) mass is 522 g/mol. The summed E-state index contributed by atoms with van der Waals surface area (Å²) in [6.45, 7) is 11.5. The van der Waals surface area contributed by atoms with Crippen molar-refractivity contribution in [2.45, 2.75) is 96.8 Å². The number of carboxylic acid groups (broad SMARTS) is 1. The number of fused-ring (bicyclic) bond motifs is 3. The number of nitrogens with two attached hydrogens (primary N) is 1. The molecule has 0 unspecified atom stereocenters. The van der Waals surface area contributed by atoms with Crippen LogP contribution >= 0.6 is 0 Å². The number of amides is 1. The van der Waals surface area contributed by atoms with Gasteiger partial charge >= 0.3 is 12.1 Å². The van der Waals surface area contributed by atoms with Crippen LogP contribution in [0.1, 0.15) is 83.9 Å². The molecule has 0 saturated heterocycles. The van der Waals surface area contributed by atoms with E-state index in [1.165, 1.54) is 12.4 Å². The average Bonchev–Trinajstić information content (AvgIpc) is 2.78. The van der Waals surface area contributed by atoms with Crippen molar-refractivity contribution in [2.75, 3.05) is 5.73 Å². The summed E-state index contributed by atoms with van der Waals surface area (Å²) in [4.78, 5) is 32.6. The van der Waals surface area contributed by atoms with Gasteiger partial charge in [0.25, 0.3) is 0 Å². The minimum Gasteiger partial charge on any atom is -0.490 e. The van der Waals surface area contributed by atoms with Crippen LogP contribution < -0.4 is 15.8 Å². The maximum atomic E-state index is 12.2. The van der Waals surface area contributed by atoms with Crippen molar-refractivity contribution < 1.29 is 24.2 Å². The Balaban J connectivity index is 1.62. The first kappa shape index (κ1) is 27.4. The Morgan fingerprint density at radius 2 is 1.84 bits per heavy atom. The maximum absolute atomic E-state index is 12.2. The van der Waals surface area contributed by atoms with Crippen LogP contribution in [0.25, 0.3) is 16.8 Å². The van der Waals surface area contributed by atoms with Gasteiger partial charge in [-0.3, -0.25) is 0 Å². The zero-order chi connectivity index (χ0) is 27.8. The molecule has 1 aromatic carbocycles. The first-order valence-electron chi connectivity index (χ1n) is 13.1. The number of nitrogens with zero attached hydrogens (tertiary/aromatic N) is 2. The predicted molar refractivity (Wildman–Crippen MR) is 146 cm³/mol. The normalized spacial score (nSPS) is 20.6. The second-order valence-corrected chi connectivity index (χ2v) is 11.9. The molecule has 0 spiro atoms. The van der Waals surface area contributed by atoms with Crippen molar-refractivity contribution in [3.05, 3.63) is 41.2 Å². The number of hydrogen-bond donors (Lipinski definition) is 3.